The zero-order valence-electron chi connectivity index (χ0n) is 14.9. The van der Waals surface area contributed by atoms with Crippen molar-refractivity contribution in [1.82, 2.24) is 24.4 Å². The Morgan fingerprint density at radius 3 is 2.60 bits per heavy atom. The molecule has 4 heterocycles. The van der Waals surface area contributed by atoms with E-state index in [4.69, 9.17) is 0 Å². The number of amides is 1. The summed E-state index contributed by atoms with van der Waals surface area (Å²) < 4.78 is 1.89. The summed E-state index contributed by atoms with van der Waals surface area (Å²) in [6.45, 7) is 8.01. The molecule has 134 valence electrons. The molecule has 0 atom stereocenters. The maximum atomic E-state index is 12.4. The summed E-state index contributed by atoms with van der Waals surface area (Å²) in [5.74, 6) is 1.28. The Hall–Kier alpha value is -2.15. The molecular weight excluding hydrogens is 316 g/mol. The van der Waals surface area contributed by atoms with Gasteiger partial charge in [-0.05, 0) is 32.3 Å². The van der Waals surface area contributed by atoms with Crippen molar-refractivity contribution in [3.8, 4) is 0 Å². The number of hydrogen-bond donors (Lipinski definition) is 0. The fourth-order valence-electron chi connectivity index (χ4n) is 3.83. The molecule has 2 aromatic heterocycles. The van der Waals surface area contributed by atoms with E-state index in [0.717, 1.165) is 69.1 Å². The van der Waals surface area contributed by atoms with E-state index in [1.54, 1.807) is 6.20 Å². The minimum absolute atomic E-state index is 0.291. The van der Waals surface area contributed by atoms with Gasteiger partial charge >= 0.3 is 0 Å². The van der Waals surface area contributed by atoms with Crippen LogP contribution in [0.15, 0.2) is 18.5 Å². The van der Waals surface area contributed by atoms with Crippen molar-refractivity contribution in [3.05, 3.63) is 24.2 Å². The first-order valence-electron chi connectivity index (χ1n) is 9.27. The van der Waals surface area contributed by atoms with Crippen LogP contribution in [0.4, 0.5) is 5.82 Å². The van der Waals surface area contributed by atoms with Crippen LogP contribution in [-0.4, -0.2) is 76.1 Å². The molecule has 0 bridgehead atoms. The van der Waals surface area contributed by atoms with Gasteiger partial charge in [-0.1, -0.05) is 0 Å². The number of piperidine rings is 1. The van der Waals surface area contributed by atoms with Gasteiger partial charge in [-0.25, -0.2) is 9.50 Å². The lowest BCUT2D eigenvalue weighted by Gasteiger charge is -2.36. The summed E-state index contributed by atoms with van der Waals surface area (Å²) in [5, 5.41) is 4.46. The second kappa shape index (κ2) is 7.00. The summed E-state index contributed by atoms with van der Waals surface area (Å²) in [7, 11) is 0. The Labute approximate surface area is 148 Å². The molecule has 7 heteroatoms. The van der Waals surface area contributed by atoms with Gasteiger partial charge in [0.25, 0.3) is 0 Å². The highest BCUT2D eigenvalue weighted by Gasteiger charge is 2.24. The van der Waals surface area contributed by atoms with Gasteiger partial charge < -0.3 is 9.80 Å². The first-order valence-corrected chi connectivity index (χ1v) is 9.27. The van der Waals surface area contributed by atoms with E-state index >= 15 is 0 Å². The van der Waals surface area contributed by atoms with Crippen LogP contribution in [0.25, 0.3) is 5.52 Å². The molecular formula is C18H26N6O. The minimum atomic E-state index is 0.291. The lowest BCUT2D eigenvalue weighted by molar-refractivity contribution is -0.133. The molecule has 2 fully saturated rings. The van der Waals surface area contributed by atoms with Gasteiger partial charge in [0.05, 0.1) is 12.2 Å². The average Bonchev–Trinajstić information content (AvgIpc) is 3.03. The average molecular weight is 342 g/mol. The molecule has 25 heavy (non-hydrogen) atoms. The molecule has 1 amide bonds. The van der Waals surface area contributed by atoms with Crippen molar-refractivity contribution in [2.45, 2.75) is 26.2 Å². The number of rotatable bonds is 3. The van der Waals surface area contributed by atoms with Gasteiger partial charge in [0.2, 0.25) is 5.91 Å². The van der Waals surface area contributed by atoms with Gasteiger partial charge in [-0.3, -0.25) is 9.69 Å². The topological polar surface area (TPSA) is 57.0 Å². The number of likely N-dealkylation sites (tertiary alicyclic amines) is 1. The first kappa shape index (κ1) is 16.3. The van der Waals surface area contributed by atoms with Crippen molar-refractivity contribution in [1.29, 1.82) is 0 Å². The van der Waals surface area contributed by atoms with Gasteiger partial charge in [0, 0.05) is 51.7 Å². The normalized spacial score (nSPS) is 19.6. The monoisotopic (exact) mass is 342 g/mol. The summed E-state index contributed by atoms with van der Waals surface area (Å²) >= 11 is 0. The van der Waals surface area contributed by atoms with Gasteiger partial charge in [0.15, 0.2) is 5.82 Å². The van der Waals surface area contributed by atoms with Gasteiger partial charge in [-0.2, -0.15) is 5.10 Å². The molecule has 2 aliphatic heterocycles. The second-order valence-corrected chi connectivity index (χ2v) is 7.07. The van der Waals surface area contributed by atoms with Crippen molar-refractivity contribution in [2.24, 2.45) is 0 Å². The van der Waals surface area contributed by atoms with Crippen molar-refractivity contribution < 1.29 is 4.79 Å². The highest BCUT2D eigenvalue weighted by atomic mass is 16.2. The van der Waals surface area contributed by atoms with Crippen LogP contribution in [0.2, 0.25) is 0 Å². The van der Waals surface area contributed by atoms with Gasteiger partial charge in [-0.15, -0.1) is 0 Å². The van der Waals surface area contributed by atoms with Crippen LogP contribution in [-0.2, 0) is 4.79 Å². The summed E-state index contributed by atoms with van der Waals surface area (Å²) in [6.07, 6.45) is 7.26. The molecule has 0 saturated carbocycles. The number of aryl methyl sites for hydroxylation is 1. The summed E-state index contributed by atoms with van der Waals surface area (Å²) in [4.78, 5) is 23.6. The lowest BCUT2D eigenvalue weighted by atomic mass is 10.1. The number of fused-ring (bicyclic) bond motifs is 1. The summed E-state index contributed by atoms with van der Waals surface area (Å²) in [5.41, 5.74) is 2.05. The molecule has 0 N–H and O–H groups in total. The zero-order valence-corrected chi connectivity index (χ0v) is 14.9. The van der Waals surface area contributed by atoms with Crippen LogP contribution in [0.1, 0.15) is 25.0 Å². The van der Waals surface area contributed by atoms with E-state index in [-0.39, 0.29) is 0 Å². The van der Waals surface area contributed by atoms with Crippen molar-refractivity contribution >= 4 is 17.2 Å². The Morgan fingerprint density at radius 1 is 1.08 bits per heavy atom. The second-order valence-electron chi connectivity index (χ2n) is 7.07. The first-order chi connectivity index (χ1) is 12.2. The zero-order chi connectivity index (χ0) is 17.2. The maximum Gasteiger partial charge on any atom is 0.236 e. The molecule has 2 aromatic rings. The highest BCUT2D eigenvalue weighted by Crippen LogP contribution is 2.21. The predicted molar refractivity (Wildman–Crippen MR) is 96.8 cm³/mol. The third-order valence-electron chi connectivity index (χ3n) is 5.23. The largest absolute Gasteiger partial charge is 0.352 e. The van der Waals surface area contributed by atoms with Crippen molar-refractivity contribution in [2.75, 3.05) is 50.7 Å². The van der Waals surface area contributed by atoms with Gasteiger partial charge in [0.1, 0.15) is 5.52 Å². The van der Waals surface area contributed by atoms with E-state index in [1.165, 1.54) is 6.42 Å². The molecule has 2 aliphatic rings. The van der Waals surface area contributed by atoms with Crippen LogP contribution < -0.4 is 4.90 Å². The SMILES string of the molecule is Cc1cc2c(N3CCN(CC(=O)N4CCCCC4)CC3)nccn2n1. The highest BCUT2D eigenvalue weighted by molar-refractivity contribution is 5.78. The van der Waals surface area contributed by atoms with E-state index in [2.05, 4.69) is 25.9 Å². The van der Waals surface area contributed by atoms with Crippen LogP contribution in [0, 0.1) is 6.92 Å². The Morgan fingerprint density at radius 2 is 1.84 bits per heavy atom. The fraction of sp³-hybridized carbons (Fsp3) is 0.611. The molecule has 0 spiro atoms. The Bertz CT molecular complexity index is 743. The predicted octanol–water partition coefficient (Wildman–Crippen LogP) is 1.17. The summed E-state index contributed by atoms with van der Waals surface area (Å²) in [6, 6.07) is 2.08. The standard InChI is InChI=1S/C18H26N6O/c1-15-13-16-18(19-5-8-24(16)20-15)23-11-9-21(10-12-23)14-17(25)22-6-3-2-4-7-22/h5,8,13H,2-4,6-7,9-12,14H2,1H3. The number of anilines is 1. The number of hydrogen-bond acceptors (Lipinski definition) is 5. The van der Waals surface area contributed by atoms with E-state index in [1.807, 2.05) is 22.5 Å². The lowest BCUT2D eigenvalue weighted by Crippen LogP contribution is -2.51. The fourth-order valence-corrected chi connectivity index (χ4v) is 3.83. The number of carbonyl (C=O) groups excluding carboxylic acids is 1. The number of nitrogens with zero attached hydrogens (tertiary/aromatic N) is 6. The van der Waals surface area contributed by atoms with Crippen LogP contribution in [0.3, 0.4) is 0 Å². The third kappa shape index (κ3) is 3.46. The minimum Gasteiger partial charge on any atom is -0.352 e. The van der Waals surface area contributed by atoms with E-state index < -0.39 is 0 Å². The van der Waals surface area contributed by atoms with E-state index in [0.29, 0.717) is 12.5 Å². The smallest absolute Gasteiger partial charge is 0.236 e. The quantitative estimate of drug-likeness (QED) is 0.838. The number of aromatic nitrogens is 3. The maximum absolute atomic E-state index is 12.4. The third-order valence-corrected chi connectivity index (χ3v) is 5.23. The molecule has 7 nitrogen and oxygen atoms in total. The molecule has 4 rings (SSSR count). The Kier molecular flexibility index (Phi) is 4.57. The van der Waals surface area contributed by atoms with Crippen LogP contribution in [0.5, 0.6) is 0 Å². The molecule has 0 unspecified atom stereocenters. The molecule has 0 aromatic carbocycles. The molecule has 0 radical (unpaired) electrons. The molecule has 2 saturated heterocycles. The molecule has 0 aliphatic carbocycles. The van der Waals surface area contributed by atoms with Crippen LogP contribution >= 0.6 is 0 Å². The van der Waals surface area contributed by atoms with Crippen molar-refractivity contribution in [3.63, 3.8) is 0 Å². The Balaban J connectivity index is 1.37. The number of carbonyl (C=O) groups is 1. The number of piperazine rings is 1. The van der Waals surface area contributed by atoms with E-state index in [9.17, 15) is 4.79 Å².